The molecule has 0 spiro atoms. The lowest BCUT2D eigenvalue weighted by Crippen LogP contribution is -2.27. The number of nitrogens with zero attached hydrogens (tertiary/aromatic N) is 2. The van der Waals surface area contributed by atoms with E-state index >= 15 is 0 Å². The lowest BCUT2D eigenvalue weighted by atomic mass is 10.1. The number of hydrogen-bond acceptors (Lipinski definition) is 5. The summed E-state index contributed by atoms with van der Waals surface area (Å²) in [7, 11) is -3.64. The molecule has 0 bridgehead atoms. The molecule has 1 aromatic heterocycles. The first kappa shape index (κ1) is 19.2. The summed E-state index contributed by atoms with van der Waals surface area (Å²) in [5.74, 6) is 0.210. The number of aryl methyl sites for hydroxylation is 3. The number of halogens is 1. The Balaban J connectivity index is 1.67. The molecule has 0 unspecified atom stereocenters. The highest BCUT2D eigenvalue weighted by atomic mass is 32.2. The molecule has 1 heterocycles. The van der Waals surface area contributed by atoms with Crippen molar-refractivity contribution >= 4 is 10.0 Å². The Morgan fingerprint density at radius 3 is 2.30 bits per heavy atom. The van der Waals surface area contributed by atoms with E-state index in [9.17, 15) is 12.8 Å². The van der Waals surface area contributed by atoms with Crippen molar-refractivity contribution in [3.8, 4) is 11.5 Å². The van der Waals surface area contributed by atoms with E-state index in [4.69, 9.17) is 4.42 Å². The molecule has 0 aliphatic rings. The van der Waals surface area contributed by atoms with Crippen molar-refractivity contribution in [1.82, 2.24) is 14.9 Å². The van der Waals surface area contributed by atoms with Crippen LogP contribution in [0, 0.1) is 26.6 Å². The summed E-state index contributed by atoms with van der Waals surface area (Å²) >= 11 is 0. The van der Waals surface area contributed by atoms with E-state index in [1.165, 1.54) is 24.3 Å². The normalized spacial score (nSPS) is 11.7. The standard InChI is InChI=1S/C19H20FN3O3S/c1-12-10-13(2)18(14(3)11-12)27(24,25)21-9-8-17-22-23-19(26-17)15-4-6-16(20)7-5-15/h4-7,10-11,21H,8-9H2,1-3H3. The van der Waals surface area contributed by atoms with Gasteiger partial charge in [-0.2, -0.15) is 0 Å². The van der Waals surface area contributed by atoms with E-state index in [-0.39, 0.29) is 24.7 Å². The molecule has 3 aromatic rings. The van der Waals surface area contributed by atoms with Gasteiger partial charge in [0, 0.05) is 18.5 Å². The first-order chi connectivity index (χ1) is 12.8. The Bertz CT molecular complexity index is 1040. The topological polar surface area (TPSA) is 85.1 Å². The maximum atomic E-state index is 13.0. The minimum Gasteiger partial charge on any atom is -0.421 e. The van der Waals surface area contributed by atoms with Gasteiger partial charge in [0.2, 0.25) is 21.8 Å². The van der Waals surface area contributed by atoms with Gasteiger partial charge in [0.15, 0.2) is 0 Å². The average molecular weight is 389 g/mol. The Hall–Kier alpha value is -2.58. The fraction of sp³-hybridized carbons (Fsp3) is 0.263. The predicted octanol–water partition coefficient (Wildman–Crippen LogP) is 3.32. The number of nitrogens with one attached hydrogen (secondary N) is 1. The van der Waals surface area contributed by atoms with Crippen molar-refractivity contribution in [3.63, 3.8) is 0 Å². The van der Waals surface area contributed by atoms with Gasteiger partial charge in [-0.25, -0.2) is 17.5 Å². The molecular formula is C19H20FN3O3S. The van der Waals surface area contributed by atoms with Crippen LogP contribution in [-0.4, -0.2) is 25.2 Å². The SMILES string of the molecule is Cc1cc(C)c(S(=O)(=O)NCCc2nnc(-c3ccc(F)cc3)o2)c(C)c1. The van der Waals surface area contributed by atoms with Crippen molar-refractivity contribution in [2.75, 3.05) is 6.54 Å². The van der Waals surface area contributed by atoms with E-state index in [0.717, 1.165) is 5.56 Å². The quantitative estimate of drug-likeness (QED) is 0.699. The van der Waals surface area contributed by atoms with Crippen LogP contribution < -0.4 is 4.72 Å². The number of benzene rings is 2. The van der Waals surface area contributed by atoms with Crippen molar-refractivity contribution in [2.45, 2.75) is 32.1 Å². The van der Waals surface area contributed by atoms with Crippen LogP contribution in [0.4, 0.5) is 4.39 Å². The summed E-state index contributed by atoms with van der Waals surface area (Å²) in [6.45, 7) is 5.61. The maximum Gasteiger partial charge on any atom is 0.247 e. The molecule has 3 rings (SSSR count). The van der Waals surface area contributed by atoms with Crippen LogP contribution in [0.5, 0.6) is 0 Å². The second kappa shape index (κ2) is 7.58. The van der Waals surface area contributed by atoms with E-state index in [0.29, 0.717) is 27.5 Å². The van der Waals surface area contributed by atoms with Crippen molar-refractivity contribution in [3.05, 3.63) is 64.8 Å². The molecule has 0 amide bonds. The van der Waals surface area contributed by atoms with Gasteiger partial charge in [-0.3, -0.25) is 0 Å². The van der Waals surface area contributed by atoms with Gasteiger partial charge < -0.3 is 4.42 Å². The fourth-order valence-electron chi connectivity index (χ4n) is 3.02. The van der Waals surface area contributed by atoms with Gasteiger partial charge in [0.25, 0.3) is 0 Å². The summed E-state index contributed by atoms with van der Waals surface area (Å²) in [6, 6.07) is 9.37. The molecule has 0 atom stereocenters. The highest BCUT2D eigenvalue weighted by Gasteiger charge is 2.20. The van der Waals surface area contributed by atoms with Crippen LogP contribution in [0.25, 0.3) is 11.5 Å². The molecule has 0 saturated carbocycles. The highest BCUT2D eigenvalue weighted by molar-refractivity contribution is 7.89. The second-order valence-corrected chi connectivity index (χ2v) is 8.09. The lowest BCUT2D eigenvalue weighted by molar-refractivity contribution is 0.501. The summed E-state index contributed by atoms with van der Waals surface area (Å²) in [5.41, 5.74) is 3.03. The molecule has 2 aromatic carbocycles. The van der Waals surface area contributed by atoms with Gasteiger partial charge in [0.1, 0.15) is 5.82 Å². The lowest BCUT2D eigenvalue weighted by Gasteiger charge is -2.12. The van der Waals surface area contributed by atoms with Crippen molar-refractivity contribution in [2.24, 2.45) is 0 Å². The monoisotopic (exact) mass is 389 g/mol. The summed E-state index contributed by atoms with van der Waals surface area (Å²) in [5, 5.41) is 7.82. The molecule has 142 valence electrons. The summed E-state index contributed by atoms with van der Waals surface area (Å²) in [6.07, 6.45) is 0.247. The molecule has 27 heavy (non-hydrogen) atoms. The number of aromatic nitrogens is 2. The Morgan fingerprint density at radius 1 is 1.04 bits per heavy atom. The van der Waals surface area contributed by atoms with Crippen LogP contribution in [0.2, 0.25) is 0 Å². The van der Waals surface area contributed by atoms with E-state index in [1.54, 1.807) is 13.8 Å². The van der Waals surface area contributed by atoms with Crippen molar-refractivity contribution < 1.29 is 17.2 Å². The molecule has 6 nitrogen and oxygen atoms in total. The third-order valence-corrected chi connectivity index (χ3v) is 5.83. The van der Waals surface area contributed by atoms with Gasteiger partial charge in [-0.1, -0.05) is 17.7 Å². The summed E-state index contributed by atoms with van der Waals surface area (Å²) in [4.78, 5) is 0.297. The molecule has 1 N–H and O–H groups in total. The van der Waals surface area contributed by atoms with Crippen LogP contribution >= 0.6 is 0 Å². The molecule has 0 radical (unpaired) electrons. The van der Waals surface area contributed by atoms with E-state index in [1.807, 2.05) is 19.1 Å². The van der Waals surface area contributed by atoms with Gasteiger partial charge in [-0.15, -0.1) is 10.2 Å². The second-order valence-electron chi connectivity index (χ2n) is 6.38. The molecular weight excluding hydrogens is 369 g/mol. The van der Waals surface area contributed by atoms with E-state index < -0.39 is 10.0 Å². The Kier molecular flexibility index (Phi) is 5.38. The Labute approximate surface area is 157 Å². The zero-order chi connectivity index (χ0) is 19.6. The first-order valence-electron chi connectivity index (χ1n) is 8.42. The third-order valence-electron chi connectivity index (χ3n) is 4.06. The van der Waals surface area contributed by atoms with Crippen LogP contribution in [0.3, 0.4) is 0 Å². The summed E-state index contributed by atoms with van der Waals surface area (Å²) < 4.78 is 46.3. The number of sulfonamides is 1. The van der Waals surface area contributed by atoms with E-state index in [2.05, 4.69) is 14.9 Å². The van der Waals surface area contributed by atoms with Crippen molar-refractivity contribution in [1.29, 1.82) is 0 Å². The minimum absolute atomic E-state index is 0.125. The largest absolute Gasteiger partial charge is 0.421 e. The Morgan fingerprint density at radius 2 is 1.67 bits per heavy atom. The molecule has 8 heteroatoms. The molecule has 0 aliphatic heterocycles. The average Bonchev–Trinajstić information content (AvgIpc) is 3.03. The maximum absolute atomic E-state index is 13.0. The highest BCUT2D eigenvalue weighted by Crippen LogP contribution is 2.22. The fourth-order valence-corrected chi connectivity index (χ4v) is 4.50. The zero-order valence-electron chi connectivity index (χ0n) is 15.3. The minimum atomic E-state index is -3.64. The zero-order valence-corrected chi connectivity index (χ0v) is 16.1. The smallest absolute Gasteiger partial charge is 0.247 e. The molecule has 0 aliphatic carbocycles. The predicted molar refractivity (Wildman–Crippen MR) is 99.2 cm³/mol. The number of rotatable bonds is 6. The van der Waals surface area contributed by atoms with Crippen LogP contribution in [0.1, 0.15) is 22.6 Å². The first-order valence-corrected chi connectivity index (χ1v) is 9.90. The van der Waals surface area contributed by atoms with Gasteiger partial charge in [0.05, 0.1) is 4.90 Å². The van der Waals surface area contributed by atoms with Crippen LogP contribution in [0.15, 0.2) is 45.7 Å². The number of hydrogen-bond donors (Lipinski definition) is 1. The third kappa shape index (κ3) is 4.40. The molecule has 0 fully saturated rings. The van der Waals surface area contributed by atoms with Gasteiger partial charge in [-0.05, 0) is 56.2 Å². The van der Waals surface area contributed by atoms with Gasteiger partial charge >= 0.3 is 0 Å². The van der Waals surface area contributed by atoms with Crippen LogP contribution in [-0.2, 0) is 16.4 Å². The molecule has 0 saturated heterocycles.